The van der Waals surface area contributed by atoms with E-state index in [9.17, 15) is 4.79 Å². The van der Waals surface area contributed by atoms with Crippen LogP contribution in [0.25, 0.3) is 11.0 Å². The quantitative estimate of drug-likeness (QED) is 0.935. The molecule has 1 saturated heterocycles. The molecule has 0 bridgehead atoms. The monoisotopic (exact) mass is 300 g/mol. The van der Waals surface area contributed by atoms with Crippen LogP contribution in [-0.2, 0) is 4.74 Å². The molecule has 6 nitrogen and oxygen atoms in total. The van der Waals surface area contributed by atoms with Crippen molar-refractivity contribution in [2.75, 3.05) is 18.9 Å². The molecule has 2 aliphatic rings. The number of nitrogens with zero attached hydrogens (tertiary/aromatic N) is 3. The van der Waals surface area contributed by atoms with Crippen molar-refractivity contribution in [1.29, 1.82) is 0 Å². The molecule has 2 aromatic heterocycles. The van der Waals surface area contributed by atoms with E-state index in [1.807, 2.05) is 19.1 Å². The first-order valence-electron chi connectivity index (χ1n) is 7.91. The summed E-state index contributed by atoms with van der Waals surface area (Å²) in [5.41, 5.74) is 7.34. The third-order valence-electron chi connectivity index (χ3n) is 4.87. The highest BCUT2D eigenvalue weighted by Crippen LogP contribution is 2.39. The van der Waals surface area contributed by atoms with Crippen LogP contribution >= 0.6 is 0 Å². The van der Waals surface area contributed by atoms with Gasteiger partial charge in [-0.25, -0.2) is 9.78 Å². The molecule has 6 heteroatoms. The Hall–Kier alpha value is -1.95. The minimum absolute atomic E-state index is 0.00699. The first-order valence-corrected chi connectivity index (χ1v) is 7.91. The molecule has 2 aromatic rings. The number of rotatable bonds is 3. The van der Waals surface area contributed by atoms with E-state index in [2.05, 4.69) is 4.98 Å². The van der Waals surface area contributed by atoms with E-state index in [1.165, 1.54) is 12.8 Å². The third kappa shape index (κ3) is 2.18. The number of pyridine rings is 1. The molecule has 4 rings (SSSR count). The van der Waals surface area contributed by atoms with Crippen LogP contribution in [-0.4, -0.2) is 27.7 Å². The van der Waals surface area contributed by atoms with Crippen LogP contribution in [0.2, 0.25) is 0 Å². The molecule has 1 saturated carbocycles. The first-order chi connectivity index (χ1) is 10.6. The van der Waals surface area contributed by atoms with Gasteiger partial charge in [0.2, 0.25) is 0 Å². The number of hydrogen-bond acceptors (Lipinski definition) is 5. The Bertz CT molecular complexity index is 776. The first kappa shape index (κ1) is 13.7. The van der Waals surface area contributed by atoms with Crippen molar-refractivity contribution in [2.24, 2.45) is 5.92 Å². The van der Waals surface area contributed by atoms with Gasteiger partial charge in [0.15, 0.2) is 0 Å². The molecule has 0 radical (unpaired) electrons. The van der Waals surface area contributed by atoms with E-state index >= 15 is 0 Å². The lowest BCUT2D eigenvalue weighted by atomic mass is 10.0. The highest BCUT2D eigenvalue weighted by Gasteiger charge is 2.29. The zero-order chi connectivity index (χ0) is 15.3. The maximum Gasteiger partial charge on any atom is 0.351 e. The van der Waals surface area contributed by atoms with Crippen LogP contribution < -0.4 is 11.4 Å². The van der Waals surface area contributed by atoms with E-state index in [-0.39, 0.29) is 17.5 Å². The van der Waals surface area contributed by atoms with Gasteiger partial charge in [0.25, 0.3) is 0 Å². The Morgan fingerprint density at radius 3 is 2.82 bits per heavy atom. The average Bonchev–Trinajstić information content (AvgIpc) is 3.21. The standard InChI is InChI=1S/C16H20N4O2/c1-9(11-6-7-22-8-11)20-15-12(14(17)19-16(20)21)4-5-13(18-15)10-2-3-10/h4-5,9-11H,2-3,6-8H2,1H3,(H2,17,19,21)/t9?,11-/m1/s1. The van der Waals surface area contributed by atoms with Crippen LogP contribution in [0.4, 0.5) is 5.82 Å². The summed E-state index contributed by atoms with van der Waals surface area (Å²) in [5, 5.41) is 0.759. The molecular formula is C16H20N4O2. The number of ether oxygens (including phenoxy) is 1. The molecule has 22 heavy (non-hydrogen) atoms. The molecule has 3 heterocycles. The van der Waals surface area contributed by atoms with E-state index in [1.54, 1.807) is 4.57 Å². The second kappa shape index (κ2) is 5.05. The summed E-state index contributed by atoms with van der Waals surface area (Å²) in [6.45, 7) is 3.48. The van der Waals surface area contributed by atoms with Gasteiger partial charge in [0.1, 0.15) is 11.5 Å². The maximum absolute atomic E-state index is 12.4. The molecule has 0 aromatic carbocycles. The summed E-state index contributed by atoms with van der Waals surface area (Å²) in [4.78, 5) is 21.2. The van der Waals surface area contributed by atoms with Gasteiger partial charge >= 0.3 is 5.69 Å². The molecule has 2 atom stereocenters. The van der Waals surface area contributed by atoms with Crippen molar-refractivity contribution in [3.05, 3.63) is 28.3 Å². The number of nitrogens with two attached hydrogens (primary N) is 1. The number of anilines is 1. The number of fused-ring (bicyclic) bond motifs is 1. The molecule has 2 fully saturated rings. The van der Waals surface area contributed by atoms with Crippen molar-refractivity contribution >= 4 is 16.9 Å². The van der Waals surface area contributed by atoms with Gasteiger partial charge in [-0.2, -0.15) is 4.98 Å². The number of hydrogen-bond donors (Lipinski definition) is 1. The zero-order valence-corrected chi connectivity index (χ0v) is 12.7. The van der Waals surface area contributed by atoms with Gasteiger partial charge in [0, 0.05) is 30.2 Å². The molecule has 0 spiro atoms. The van der Waals surface area contributed by atoms with Gasteiger partial charge < -0.3 is 10.5 Å². The van der Waals surface area contributed by atoms with Gasteiger partial charge in [-0.1, -0.05) is 0 Å². The zero-order valence-electron chi connectivity index (χ0n) is 12.7. The Balaban J connectivity index is 1.90. The minimum Gasteiger partial charge on any atom is -0.383 e. The fourth-order valence-corrected chi connectivity index (χ4v) is 3.27. The van der Waals surface area contributed by atoms with Gasteiger partial charge in [0.05, 0.1) is 12.0 Å². The fraction of sp³-hybridized carbons (Fsp3) is 0.562. The Morgan fingerprint density at radius 1 is 1.32 bits per heavy atom. The van der Waals surface area contributed by atoms with Crippen LogP contribution in [0.5, 0.6) is 0 Å². The van der Waals surface area contributed by atoms with Crippen molar-refractivity contribution in [2.45, 2.75) is 38.1 Å². The van der Waals surface area contributed by atoms with Crippen LogP contribution in [0.15, 0.2) is 16.9 Å². The summed E-state index contributed by atoms with van der Waals surface area (Å²) < 4.78 is 7.17. The lowest BCUT2D eigenvalue weighted by Gasteiger charge is -2.22. The maximum atomic E-state index is 12.4. The van der Waals surface area contributed by atoms with Crippen molar-refractivity contribution in [3.63, 3.8) is 0 Å². The lowest BCUT2D eigenvalue weighted by molar-refractivity contribution is 0.175. The molecule has 1 unspecified atom stereocenters. The number of nitrogen functional groups attached to an aromatic ring is 1. The second-order valence-corrected chi connectivity index (χ2v) is 6.40. The predicted molar refractivity (Wildman–Crippen MR) is 83.8 cm³/mol. The molecule has 1 aliphatic carbocycles. The van der Waals surface area contributed by atoms with Crippen molar-refractivity contribution in [3.8, 4) is 0 Å². The normalized spacial score (nSPS) is 23.0. The van der Waals surface area contributed by atoms with E-state index < -0.39 is 0 Å². The smallest absolute Gasteiger partial charge is 0.351 e. The Labute approximate surface area is 128 Å². The predicted octanol–water partition coefficient (Wildman–Crippen LogP) is 1.85. The van der Waals surface area contributed by atoms with E-state index in [0.717, 1.165) is 24.1 Å². The van der Waals surface area contributed by atoms with E-state index in [0.29, 0.717) is 24.1 Å². The third-order valence-corrected chi connectivity index (χ3v) is 4.87. The number of aromatic nitrogens is 3. The van der Waals surface area contributed by atoms with Crippen LogP contribution in [0.3, 0.4) is 0 Å². The second-order valence-electron chi connectivity index (χ2n) is 6.40. The fourth-order valence-electron chi connectivity index (χ4n) is 3.27. The SMILES string of the molecule is CC([C@@H]1CCOC1)n1c(=O)nc(N)c2ccc(C3CC3)nc21. The average molecular weight is 300 g/mol. The molecule has 1 aliphatic heterocycles. The summed E-state index contributed by atoms with van der Waals surface area (Å²) in [7, 11) is 0. The van der Waals surface area contributed by atoms with Crippen LogP contribution in [0.1, 0.15) is 43.8 Å². The topological polar surface area (TPSA) is 83.0 Å². The van der Waals surface area contributed by atoms with Gasteiger partial charge in [-0.3, -0.25) is 4.57 Å². The lowest BCUT2D eigenvalue weighted by Crippen LogP contribution is -2.31. The summed E-state index contributed by atoms with van der Waals surface area (Å²) >= 11 is 0. The molecule has 2 N–H and O–H groups in total. The summed E-state index contributed by atoms with van der Waals surface area (Å²) in [5.74, 6) is 1.12. The van der Waals surface area contributed by atoms with Crippen molar-refractivity contribution < 1.29 is 4.74 Å². The van der Waals surface area contributed by atoms with Crippen LogP contribution in [0, 0.1) is 5.92 Å². The van der Waals surface area contributed by atoms with E-state index in [4.69, 9.17) is 15.5 Å². The largest absolute Gasteiger partial charge is 0.383 e. The Kier molecular flexibility index (Phi) is 3.14. The highest BCUT2D eigenvalue weighted by atomic mass is 16.5. The van der Waals surface area contributed by atoms with Gasteiger partial charge in [-0.05, 0) is 38.3 Å². The Morgan fingerprint density at radius 2 is 2.14 bits per heavy atom. The molecule has 0 amide bonds. The molecular weight excluding hydrogens is 280 g/mol. The van der Waals surface area contributed by atoms with Gasteiger partial charge in [-0.15, -0.1) is 0 Å². The summed E-state index contributed by atoms with van der Waals surface area (Å²) in [6, 6.07) is 3.97. The minimum atomic E-state index is -0.315. The summed E-state index contributed by atoms with van der Waals surface area (Å²) in [6.07, 6.45) is 3.31. The van der Waals surface area contributed by atoms with Crippen molar-refractivity contribution in [1.82, 2.24) is 14.5 Å². The highest BCUT2D eigenvalue weighted by molar-refractivity contribution is 5.85. The molecule has 116 valence electrons.